The zero-order valence-corrected chi connectivity index (χ0v) is 24.0. The number of fused-ring (bicyclic) bond motifs is 1. The van der Waals surface area contributed by atoms with Crippen LogP contribution in [0.25, 0.3) is 11.3 Å². The van der Waals surface area contributed by atoms with E-state index in [1.165, 1.54) is 4.90 Å². The summed E-state index contributed by atoms with van der Waals surface area (Å²) < 4.78 is 5.42. The lowest BCUT2D eigenvalue weighted by molar-refractivity contribution is -0.122. The largest absolute Gasteiger partial charge is 0.394 e. The first-order chi connectivity index (χ1) is 19.8. The van der Waals surface area contributed by atoms with Gasteiger partial charge in [-0.1, -0.05) is 48.0 Å². The second-order valence-electron chi connectivity index (χ2n) is 10.7. The Labute approximate surface area is 244 Å². The van der Waals surface area contributed by atoms with Gasteiger partial charge in [-0.3, -0.25) is 9.59 Å². The molecule has 1 fully saturated rings. The van der Waals surface area contributed by atoms with E-state index in [2.05, 4.69) is 25.5 Å². The molecule has 1 atom stereocenters. The van der Waals surface area contributed by atoms with Crippen LogP contribution < -0.4 is 10.6 Å². The van der Waals surface area contributed by atoms with Crippen LogP contribution in [0.5, 0.6) is 0 Å². The SMILES string of the molecule is CN(C)Cc1cccc(C(CO)NC(=O)CN2Cc3ccc(-c4nc(NC5CCOCC5)ncc4Cl)cc3C2=O)c1. The molecule has 0 spiro atoms. The van der Waals surface area contributed by atoms with Crippen LogP contribution in [-0.2, 0) is 22.6 Å². The van der Waals surface area contributed by atoms with Gasteiger partial charge in [0.1, 0.15) is 6.54 Å². The summed E-state index contributed by atoms with van der Waals surface area (Å²) in [5.41, 5.74) is 4.46. The molecule has 0 bridgehead atoms. The number of nitrogens with zero attached hydrogens (tertiary/aromatic N) is 4. The predicted octanol–water partition coefficient (Wildman–Crippen LogP) is 3.26. The van der Waals surface area contributed by atoms with Crippen molar-refractivity contribution in [2.45, 2.75) is 38.0 Å². The monoisotopic (exact) mass is 578 g/mol. The number of carbonyl (C=O) groups is 2. The quantitative estimate of drug-likeness (QED) is 0.335. The van der Waals surface area contributed by atoms with Gasteiger partial charge >= 0.3 is 0 Å². The van der Waals surface area contributed by atoms with Gasteiger partial charge < -0.3 is 30.3 Å². The second-order valence-corrected chi connectivity index (χ2v) is 11.1. The molecule has 0 saturated carbocycles. The third-order valence-corrected chi connectivity index (χ3v) is 7.54. The number of ether oxygens (including phenoxy) is 1. The lowest BCUT2D eigenvalue weighted by atomic mass is 10.0. The first-order valence-electron chi connectivity index (χ1n) is 13.7. The van der Waals surface area contributed by atoms with Gasteiger partial charge in [-0.05, 0) is 49.7 Å². The van der Waals surface area contributed by atoms with E-state index in [0.29, 0.717) is 47.6 Å². The maximum Gasteiger partial charge on any atom is 0.254 e. The molecule has 2 aliphatic heterocycles. The lowest BCUT2D eigenvalue weighted by Gasteiger charge is -2.23. The van der Waals surface area contributed by atoms with Gasteiger partial charge in [0.25, 0.3) is 5.91 Å². The van der Waals surface area contributed by atoms with Crippen LogP contribution in [0.4, 0.5) is 5.95 Å². The minimum Gasteiger partial charge on any atom is -0.394 e. The standard InChI is InChI=1S/C30H35ClN6O4/c1-36(2)15-19-4-3-5-20(12-19)26(18-38)34-27(39)17-37-16-22-7-6-21(13-24(22)29(37)40)28-25(31)14-32-30(35-28)33-23-8-10-41-11-9-23/h3-7,12-14,23,26,38H,8-11,15-18H2,1-2H3,(H,34,39)(H,32,33,35). The average molecular weight is 579 g/mol. The van der Waals surface area contributed by atoms with Gasteiger partial charge in [0.05, 0.1) is 29.6 Å². The Balaban J connectivity index is 1.25. The molecule has 10 nitrogen and oxygen atoms in total. The molecule has 2 aromatic carbocycles. The number of benzene rings is 2. The number of amides is 2. The van der Waals surface area contributed by atoms with Gasteiger partial charge in [-0.2, -0.15) is 0 Å². The third-order valence-electron chi connectivity index (χ3n) is 7.27. The molecule has 0 radical (unpaired) electrons. The molecule has 216 valence electrons. The van der Waals surface area contributed by atoms with Crippen LogP contribution in [0.1, 0.15) is 45.9 Å². The molecule has 3 N–H and O–H groups in total. The Bertz CT molecular complexity index is 1410. The van der Waals surface area contributed by atoms with Crippen LogP contribution in [0, 0.1) is 0 Å². The first kappa shape index (κ1) is 28.9. The fraction of sp³-hybridized carbons (Fsp3) is 0.400. The fourth-order valence-corrected chi connectivity index (χ4v) is 5.42. The van der Waals surface area contributed by atoms with Gasteiger partial charge in [0, 0.05) is 43.5 Å². The normalized spacial score (nSPS) is 16.1. The Morgan fingerprint density at radius 1 is 1.22 bits per heavy atom. The molecule has 3 heterocycles. The minimum absolute atomic E-state index is 0.121. The summed E-state index contributed by atoms with van der Waals surface area (Å²) in [5.74, 6) is -0.102. The van der Waals surface area contributed by atoms with Crippen molar-refractivity contribution in [2.24, 2.45) is 0 Å². The zero-order valence-electron chi connectivity index (χ0n) is 23.3. The van der Waals surface area contributed by atoms with Crippen molar-refractivity contribution in [2.75, 3.05) is 45.8 Å². The van der Waals surface area contributed by atoms with Crippen molar-refractivity contribution in [3.8, 4) is 11.3 Å². The van der Waals surface area contributed by atoms with Crippen molar-refractivity contribution in [3.63, 3.8) is 0 Å². The summed E-state index contributed by atoms with van der Waals surface area (Å²) in [6.45, 7) is 2.09. The van der Waals surface area contributed by atoms with E-state index in [-0.39, 0.29) is 31.0 Å². The number of nitrogens with one attached hydrogen (secondary N) is 2. The number of hydrogen-bond donors (Lipinski definition) is 3. The van der Waals surface area contributed by atoms with Crippen molar-refractivity contribution in [1.29, 1.82) is 0 Å². The van der Waals surface area contributed by atoms with Gasteiger partial charge in [-0.25, -0.2) is 9.97 Å². The average Bonchev–Trinajstić information content (AvgIpc) is 3.27. The Morgan fingerprint density at radius 2 is 2.02 bits per heavy atom. The lowest BCUT2D eigenvalue weighted by Crippen LogP contribution is -2.40. The molecular formula is C30H35ClN6O4. The van der Waals surface area contributed by atoms with E-state index in [0.717, 1.165) is 36.1 Å². The topological polar surface area (TPSA) is 120 Å². The van der Waals surface area contributed by atoms with E-state index < -0.39 is 6.04 Å². The molecule has 1 aromatic heterocycles. The molecule has 1 unspecified atom stereocenters. The predicted molar refractivity (Wildman–Crippen MR) is 156 cm³/mol. The number of rotatable bonds is 10. The number of aliphatic hydroxyl groups is 1. The molecule has 5 rings (SSSR count). The smallest absolute Gasteiger partial charge is 0.254 e. The van der Waals surface area contributed by atoms with Gasteiger partial charge in [-0.15, -0.1) is 0 Å². The Kier molecular flexibility index (Phi) is 9.14. The summed E-state index contributed by atoms with van der Waals surface area (Å²) in [7, 11) is 3.97. The molecule has 2 amide bonds. The van der Waals surface area contributed by atoms with Gasteiger partial charge in [0.2, 0.25) is 11.9 Å². The molecule has 2 aliphatic rings. The summed E-state index contributed by atoms with van der Waals surface area (Å²) >= 11 is 6.46. The highest BCUT2D eigenvalue weighted by Gasteiger charge is 2.30. The summed E-state index contributed by atoms with van der Waals surface area (Å²) in [4.78, 5) is 38.8. The van der Waals surface area contributed by atoms with Crippen LogP contribution in [-0.4, -0.2) is 83.2 Å². The van der Waals surface area contributed by atoms with Crippen LogP contribution in [0.15, 0.2) is 48.7 Å². The van der Waals surface area contributed by atoms with Crippen molar-refractivity contribution in [3.05, 3.63) is 75.9 Å². The second kappa shape index (κ2) is 12.9. The molecule has 0 aliphatic carbocycles. The highest BCUT2D eigenvalue weighted by molar-refractivity contribution is 6.33. The minimum atomic E-state index is -0.569. The number of aromatic nitrogens is 2. The molecule has 1 saturated heterocycles. The van der Waals surface area contributed by atoms with E-state index >= 15 is 0 Å². The fourth-order valence-electron chi connectivity index (χ4n) is 5.22. The summed E-state index contributed by atoms with van der Waals surface area (Å²) in [6.07, 6.45) is 3.31. The number of halogens is 1. The molecular weight excluding hydrogens is 544 g/mol. The zero-order chi connectivity index (χ0) is 28.9. The van der Waals surface area contributed by atoms with Gasteiger partial charge in [0.15, 0.2) is 0 Å². The van der Waals surface area contributed by atoms with Crippen molar-refractivity contribution in [1.82, 2.24) is 25.1 Å². The van der Waals surface area contributed by atoms with Crippen LogP contribution in [0.3, 0.4) is 0 Å². The number of anilines is 1. The highest BCUT2D eigenvalue weighted by atomic mass is 35.5. The summed E-state index contributed by atoms with van der Waals surface area (Å²) in [6, 6.07) is 13.0. The molecule has 11 heteroatoms. The van der Waals surface area contributed by atoms with E-state index in [4.69, 9.17) is 16.3 Å². The number of aliphatic hydroxyl groups excluding tert-OH is 1. The number of hydrogen-bond acceptors (Lipinski definition) is 8. The van der Waals surface area contributed by atoms with Crippen LogP contribution >= 0.6 is 11.6 Å². The Morgan fingerprint density at radius 3 is 2.78 bits per heavy atom. The first-order valence-corrected chi connectivity index (χ1v) is 14.1. The third kappa shape index (κ3) is 7.02. The number of carbonyl (C=O) groups excluding carboxylic acids is 2. The van der Waals surface area contributed by atoms with Crippen molar-refractivity contribution >= 4 is 29.4 Å². The van der Waals surface area contributed by atoms with Crippen LogP contribution in [0.2, 0.25) is 5.02 Å². The molecule has 41 heavy (non-hydrogen) atoms. The molecule has 3 aromatic rings. The highest BCUT2D eigenvalue weighted by Crippen LogP contribution is 2.31. The summed E-state index contributed by atoms with van der Waals surface area (Å²) in [5, 5.41) is 16.6. The van der Waals surface area contributed by atoms with E-state index in [9.17, 15) is 14.7 Å². The van der Waals surface area contributed by atoms with E-state index in [1.807, 2.05) is 50.5 Å². The maximum atomic E-state index is 13.3. The van der Waals surface area contributed by atoms with E-state index in [1.54, 1.807) is 12.3 Å². The Hall–Kier alpha value is -3.57. The maximum absolute atomic E-state index is 13.3. The van der Waals surface area contributed by atoms with Crippen molar-refractivity contribution < 1.29 is 19.4 Å².